The van der Waals surface area contributed by atoms with Gasteiger partial charge in [-0.2, -0.15) is 0 Å². The van der Waals surface area contributed by atoms with Crippen LogP contribution in [0.1, 0.15) is 112 Å². The molecule has 8 aromatic rings. The molecular formula is C51H49N13O8S6. The zero-order chi connectivity index (χ0) is 54.8. The van der Waals surface area contributed by atoms with Crippen LogP contribution < -0.4 is 27.4 Å². The van der Waals surface area contributed by atoms with Crippen molar-refractivity contribution < 1.29 is 39.0 Å². The number of primary amides is 2. The number of Topliss-reactive ketones (excluding diaryl/α,β-unsaturated/α-hetero) is 1. The van der Waals surface area contributed by atoms with Crippen molar-refractivity contribution in [3.8, 4) is 49.1 Å². The number of likely N-dealkylation sites (tertiary alicyclic amines) is 1. The summed E-state index contributed by atoms with van der Waals surface area (Å²) >= 11 is 7.24. The molecule has 402 valence electrons. The Kier molecular flexibility index (Phi) is 16.3. The van der Waals surface area contributed by atoms with E-state index in [0.29, 0.717) is 70.4 Å². The number of thiazole rings is 6. The standard InChI is InChI=1S/C51H49N13O8S6/c1-23(37(67)17-64-13-3-4-14-64)40-51-61-35(22-77-51)49-58-31(18-75-49)42-27(9-10-28(55-42)48-59-32(19-76-48)43(53)69)47-60-34(21-74-47)46(72)57-30(16-38(52)68)50-63-41(24(2)78-50)36(66)11-12-39-54-33(20-73-39)45(71)56-29(44(70)62-40)15-25-5-7-26(65)8-6-25/h5-10,18-23,29-30,37,40,65,67H,3-4,11-17H2,1-2H3,(H2,52,68)(H2,53,69)(H,56,71)(H,57,72)(H,62,70)/t23-,29-,30-,37-,40-/m0/s1. The number of aromatic nitrogens is 7. The van der Waals surface area contributed by atoms with Crippen LogP contribution in [0.4, 0.5) is 0 Å². The van der Waals surface area contributed by atoms with Crippen LogP contribution >= 0.6 is 68.0 Å². The normalized spacial score (nSPS) is 18.4. The number of nitrogens with one attached hydrogen (secondary N) is 3. The van der Waals surface area contributed by atoms with Gasteiger partial charge in [0.1, 0.15) is 76.7 Å². The summed E-state index contributed by atoms with van der Waals surface area (Å²) in [6.07, 6.45) is 0.982. The third-order valence-corrected chi connectivity index (χ3v) is 18.6. The van der Waals surface area contributed by atoms with Crippen molar-refractivity contribution in [3.05, 3.63) is 112 Å². The number of phenols is 1. The van der Waals surface area contributed by atoms with Crippen LogP contribution in [0.25, 0.3) is 43.4 Å². The van der Waals surface area contributed by atoms with Crippen molar-refractivity contribution in [3.63, 3.8) is 0 Å². The number of rotatable bonds is 10. The van der Waals surface area contributed by atoms with Crippen LogP contribution in [0.2, 0.25) is 0 Å². The molecule has 0 unspecified atom stereocenters. The number of β-amino-alcohol motifs (C(OH)–C–C–N with tert-alkyl or cyclic N) is 1. The molecule has 21 nitrogen and oxygen atoms in total. The van der Waals surface area contributed by atoms with Gasteiger partial charge in [0.05, 0.1) is 35.3 Å². The molecule has 2 aliphatic rings. The number of aliphatic hydroxyl groups is 1. The maximum atomic E-state index is 14.8. The molecule has 0 radical (unpaired) electrons. The predicted octanol–water partition coefficient (Wildman–Crippen LogP) is 6.37. The van der Waals surface area contributed by atoms with E-state index in [4.69, 9.17) is 31.4 Å². The molecule has 78 heavy (non-hydrogen) atoms. The lowest BCUT2D eigenvalue weighted by Gasteiger charge is -2.31. The van der Waals surface area contributed by atoms with E-state index in [0.717, 1.165) is 37.3 Å². The van der Waals surface area contributed by atoms with Crippen molar-refractivity contribution in [1.82, 2.24) is 55.7 Å². The predicted molar refractivity (Wildman–Crippen MR) is 298 cm³/mol. The van der Waals surface area contributed by atoms with Gasteiger partial charge in [-0.15, -0.1) is 68.0 Å². The number of carbonyl (C=O) groups is 6. The monoisotopic (exact) mass is 1160 g/mol. The number of nitrogens with zero attached hydrogens (tertiary/aromatic N) is 8. The Bertz CT molecular complexity index is 3560. The maximum absolute atomic E-state index is 14.8. The third-order valence-electron chi connectivity index (χ3n) is 13.1. The van der Waals surface area contributed by atoms with Gasteiger partial charge in [0.2, 0.25) is 11.8 Å². The molecule has 27 heteroatoms. The lowest BCUT2D eigenvalue weighted by atomic mass is 9.94. The number of hydrogen-bond acceptors (Lipinski definition) is 22. The summed E-state index contributed by atoms with van der Waals surface area (Å²) in [4.78, 5) is 117. The summed E-state index contributed by atoms with van der Waals surface area (Å²) in [5.74, 6) is -4.10. The highest BCUT2D eigenvalue weighted by molar-refractivity contribution is 7.15. The van der Waals surface area contributed by atoms with E-state index >= 15 is 0 Å². The van der Waals surface area contributed by atoms with Gasteiger partial charge >= 0.3 is 0 Å². The van der Waals surface area contributed by atoms with Crippen LogP contribution in [-0.2, 0) is 22.4 Å². The van der Waals surface area contributed by atoms with E-state index in [2.05, 4.69) is 35.8 Å². The summed E-state index contributed by atoms with van der Waals surface area (Å²) in [7, 11) is 0. The van der Waals surface area contributed by atoms with E-state index in [1.807, 2.05) is 12.3 Å². The number of aryl methyl sites for hydroxylation is 2. The molecule has 7 aromatic heterocycles. The number of pyridine rings is 1. The Morgan fingerprint density at radius 2 is 1.36 bits per heavy atom. The van der Waals surface area contributed by atoms with Crippen molar-refractivity contribution in [2.24, 2.45) is 17.4 Å². The fraction of sp³-hybridized carbons (Fsp3) is 0.314. The van der Waals surface area contributed by atoms with Crippen molar-refractivity contribution in [2.45, 2.75) is 76.6 Å². The molecule has 10 rings (SSSR count). The fourth-order valence-corrected chi connectivity index (χ4v) is 14.1. The van der Waals surface area contributed by atoms with Gasteiger partial charge in [0.15, 0.2) is 5.78 Å². The highest BCUT2D eigenvalue weighted by atomic mass is 32.1. The molecule has 9 N–H and O–H groups in total. The second kappa shape index (κ2) is 23.5. The molecule has 10 bridgehead atoms. The largest absolute Gasteiger partial charge is 0.508 e. The Morgan fingerprint density at radius 1 is 0.692 bits per heavy atom. The number of nitrogens with two attached hydrogens (primary N) is 2. The Morgan fingerprint density at radius 3 is 2.10 bits per heavy atom. The third kappa shape index (κ3) is 12.3. The van der Waals surface area contributed by atoms with E-state index in [9.17, 15) is 39.0 Å². The first-order chi connectivity index (χ1) is 37.5. The Hall–Kier alpha value is -7.11. The summed E-state index contributed by atoms with van der Waals surface area (Å²) in [6.45, 7) is 5.62. The second-order valence-electron chi connectivity index (χ2n) is 18.7. The van der Waals surface area contributed by atoms with E-state index in [1.54, 1.807) is 52.7 Å². The number of aliphatic hydroxyl groups excluding tert-OH is 1. The first kappa shape index (κ1) is 54.3. The number of amides is 5. The van der Waals surface area contributed by atoms with Gasteiger partial charge < -0.3 is 42.5 Å². The number of aromatic hydroxyl groups is 1. The van der Waals surface area contributed by atoms with Crippen LogP contribution in [0, 0.1) is 12.8 Å². The SMILES string of the molecule is Cc1sc2nc1C(=O)CCc1nc(cs1)C(=O)N[C@@H](Cc1ccc(O)cc1)C(=O)N[C@@H]([C@@H](C)[C@@H](O)CN1CCCC1)c1nc(cs1)-c1nc(cs1)-c1nc(-c3nc(C(N)=O)cs3)ccc1-c1nc(cs1)C(=O)N[C@H]2CC(N)=O. The molecule has 5 amide bonds. The number of hydrogen-bond donors (Lipinski definition) is 7. The van der Waals surface area contributed by atoms with Crippen LogP contribution in [0.3, 0.4) is 0 Å². The van der Waals surface area contributed by atoms with Crippen LogP contribution in [-0.4, -0.2) is 117 Å². The van der Waals surface area contributed by atoms with Gasteiger partial charge in [0.25, 0.3) is 17.7 Å². The van der Waals surface area contributed by atoms with Gasteiger partial charge in [-0.05, 0) is 62.7 Å². The zero-order valence-corrected chi connectivity index (χ0v) is 46.5. The minimum atomic E-state index is -1.17. The first-order valence-electron chi connectivity index (χ1n) is 24.5. The number of carbonyl (C=O) groups excluding carboxylic acids is 6. The molecule has 0 spiro atoms. The van der Waals surface area contributed by atoms with Crippen LogP contribution in [0.5, 0.6) is 5.75 Å². The molecule has 9 heterocycles. The van der Waals surface area contributed by atoms with Crippen molar-refractivity contribution >= 4 is 103 Å². The molecule has 1 saturated heterocycles. The number of ketones is 1. The van der Waals surface area contributed by atoms with Gasteiger partial charge in [0, 0.05) is 69.1 Å². The molecule has 0 saturated carbocycles. The first-order valence-corrected chi connectivity index (χ1v) is 29.7. The lowest BCUT2D eigenvalue weighted by Crippen LogP contribution is -2.51. The van der Waals surface area contributed by atoms with Crippen LogP contribution in [0.15, 0.2) is 63.3 Å². The molecule has 0 aliphatic carbocycles. The summed E-state index contributed by atoms with van der Waals surface area (Å²) in [5, 5.41) is 41.6. The van der Waals surface area contributed by atoms with Gasteiger partial charge in [-0.25, -0.2) is 34.9 Å². The smallest absolute Gasteiger partial charge is 0.271 e. The molecule has 1 fully saturated rings. The highest BCUT2D eigenvalue weighted by Crippen LogP contribution is 2.39. The number of fused-ring (bicyclic) bond motifs is 14. The average molecular weight is 1160 g/mol. The fourth-order valence-electron chi connectivity index (χ4n) is 8.91. The second-order valence-corrected chi connectivity index (χ2v) is 24.3. The molecule has 5 atom stereocenters. The van der Waals surface area contributed by atoms with Gasteiger partial charge in [-0.1, -0.05) is 19.1 Å². The van der Waals surface area contributed by atoms with E-state index in [1.165, 1.54) is 68.8 Å². The molecular weight excluding hydrogens is 1120 g/mol. The molecule has 2 aliphatic heterocycles. The topological polar surface area (TPSA) is 324 Å². The number of benzene rings is 1. The number of phenolic OH excluding ortho intramolecular Hbond substituents is 1. The summed E-state index contributed by atoms with van der Waals surface area (Å²) in [5.41, 5.74) is 14.3. The van der Waals surface area contributed by atoms with Crippen molar-refractivity contribution in [1.29, 1.82) is 0 Å². The summed E-state index contributed by atoms with van der Waals surface area (Å²) < 4.78 is 0. The Balaban J connectivity index is 1.05. The Labute approximate surface area is 469 Å². The minimum absolute atomic E-state index is 0.0256. The highest BCUT2D eigenvalue weighted by Gasteiger charge is 2.35. The quantitative estimate of drug-likeness (QED) is 0.0782. The van der Waals surface area contributed by atoms with Crippen molar-refractivity contribution in [2.75, 3.05) is 19.6 Å². The average Bonchev–Trinajstić information content (AvgIpc) is 4.37. The molecule has 1 aromatic carbocycles. The lowest BCUT2D eigenvalue weighted by molar-refractivity contribution is -0.124. The van der Waals surface area contributed by atoms with E-state index < -0.39 is 59.7 Å². The zero-order valence-electron chi connectivity index (χ0n) is 41.6. The minimum Gasteiger partial charge on any atom is -0.508 e. The maximum Gasteiger partial charge on any atom is 0.271 e. The van der Waals surface area contributed by atoms with Gasteiger partial charge in [-0.3, -0.25) is 28.8 Å². The summed E-state index contributed by atoms with van der Waals surface area (Å²) in [6, 6.07) is 6.77. The van der Waals surface area contributed by atoms with E-state index in [-0.39, 0.29) is 65.0 Å².